The highest BCUT2D eigenvalue weighted by molar-refractivity contribution is 5.94. The van der Waals surface area contributed by atoms with Crippen LogP contribution in [0.3, 0.4) is 0 Å². The van der Waals surface area contributed by atoms with E-state index in [4.69, 9.17) is 9.47 Å². The summed E-state index contributed by atoms with van der Waals surface area (Å²) in [7, 11) is 1.57. The van der Waals surface area contributed by atoms with Gasteiger partial charge in [-0.25, -0.2) is 0 Å². The van der Waals surface area contributed by atoms with Crippen molar-refractivity contribution in [3.8, 4) is 5.75 Å². The zero-order valence-electron chi connectivity index (χ0n) is 10.6. The van der Waals surface area contributed by atoms with Gasteiger partial charge in [-0.05, 0) is 31.2 Å². The monoisotopic (exact) mass is 251 g/mol. The summed E-state index contributed by atoms with van der Waals surface area (Å²) in [5.41, 5.74) is 0.617. The molecule has 1 aromatic carbocycles. The highest BCUT2D eigenvalue weighted by atomic mass is 16.5. The van der Waals surface area contributed by atoms with Gasteiger partial charge < -0.3 is 14.8 Å². The summed E-state index contributed by atoms with van der Waals surface area (Å²) < 4.78 is 10.1. The van der Waals surface area contributed by atoms with Crippen LogP contribution in [0, 0.1) is 0 Å². The Morgan fingerprint density at radius 3 is 2.44 bits per heavy atom. The minimum absolute atomic E-state index is 0.00106. The van der Waals surface area contributed by atoms with Gasteiger partial charge in [0.15, 0.2) is 12.4 Å². The fourth-order valence-electron chi connectivity index (χ4n) is 1.28. The number of methoxy groups -OCH3 is 1. The number of ketones is 1. The molecule has 1 amide bonds. The normalized spacial score (nSPS) is 9.89. The molecule has 0 saturated heterocycles. The first-order chi connectivity index (χ1) is 8.63. The third-order valence-corrected chi connectivity index (χ3v) is 2.26. The van der Waals surface area contributed by atoms with Gasteiger partial charge in [-0.2, -0.15) is 0 Å². The lowest BCUT2D eigenvalue weighted by molar-refractivity contribution is -0.123. The van der Waals surface area contributed by atoms with Crippen molar-refractivity contribution >= 4 is 11.7 Å². The Morgan fingerprint density at radius 2 is 1.89 bits per heavy atom. The molecule has 0 unspecified atom stereocenters. The van der Waals surface area contributed by atoms with Gasteiger partial charge in [0.25, 0.3) is 5.91 Å². The molecule has 18 heavy (non-hydrogen) atoms. The van der Waals surface area contributed by atoms with E-state index < -0.39 is 0 Å². The van der Waals surface area contributed by atoms with E-state index in [0.717, 1.165) is 0 Å². The summed E-state index contributed by atoms with van der Waals surface area (Å²) in [6, 6.07) is 6.67. The van der Waals surface area contributed by atoms with Crippen LogP contribution in [0.4, 0.5) is 0 Å². The van der Waals surface area contributed by atoms with Crippen molar-refractivity contribution < 1.29 is 19.1 Å². The molecule has 1 aromatic rings. The van der Waals surface area contributed by atoms with Crippen LogP contribution in [0.25, 0.3) is 0 Å². The zero-order valence-corrected chi connectivity index (χ0v) is 10.6. The molecule has 0 radical (unpaired) electrons. The van der Waals surface area contributed by atoms with Crippen molar-refractivity contribution in [1.29, 1.82) is 0 Å². The molecule has 5 nitrogen and oxygen atoms in total. The number of hydrogen-bond acceptors (Lipinski definition) is 4. The Labute approximate surface area is 106 Å². The molecule has 0 bridgehead atoms. The maximum atomic E-state index is 11.3. The van der Waals surface area contributed by atoms with Crippen LogP contribution in [-0.4, -0.2) is 38.6 Å². The molecule has 1 N–H and O–H groups in total. The van der Waals surface area contributed by atoms with E-state index >= 15 is 0 Å². The second-order valence-electron chi connectivity index (χ2n) is 3.71. The van der Waals surface area contributed by atoms with Crippen molar-refractivity contribution in [3.05, 3.63) is 29.8 Å². The predicted molar refractivity (Wildman–Crippen MR) is 66.8 cm³/mol. The molecular formula is C13H17NO4. The summed E-state index contributed by atoms with van der Waals surface area (Å²) in [5.74, 6) is 0.350. The van der Waals surface area contributed by atoms with E-state index in [9.17, 15) is 9.59 Å². The molecule has 0 spiro atoms. The van der Waals surface area contributed by atoms with Crippen LogP contribution >= 0.6 is 0 Å². The Kier molecular flexibility index (Phi) is 5.87. The first-order valence-electron chi connectivity index (χ1n) is 5.63. The van der Waals surface area contributed by atoms with E-state index in [1.807, 2.05) is 0 Å². The van der Waals surface area contributed by atoms with Crippen LogP contribution in [0.15, 0.2) is 24.3 Å². The SMILES string of the molecule is COCCNC(=O)COc1ccc(C(C)=O)cc1. The third-order valence-electron chi connectivity index (χ3n) is 2.26. The number of carbonyl (C=O) groups is 2. The standard InChI is InChI=1S/C13H17NO4/c1-10(15)11-3-5-12(6-4-11)18-9-13(16)14-7-8-17-2/h3-6H,7-9H2,1-2H3,(H,14,16). The molecule has 0 fully saturated rings. The van der Waals surface area contributed by atoms with Gasteiger partial charge in [-0.3, -0.25) is 9.59 Å². The van der Waals surface area contributed by atoms with Crippen molar-refractivity contribution in [2.45, 2.75) is 6.92 Å². The number of carbonyl (C=O) groups excluding carboxylic acids is 2. The minimum atomic E-state index is -0.206. The van der Waals surface area contributed by atoms with Crippen molar-refractivity contribution in [3.63, 3.8) is 0 Å². The Hall–Kier alpha value is -1.88. The zero-order chi connectivity index (χ0) is 13.4. The second kappa shape index (κ2) is 7.45. The molecule has 98 valence electrons. The van der Waals surface area contributed by atoms with Crippen LogP contribution in [0.1, 0.15) is 17.3 Å². The molecule has 0 aliphatic carbocycles. The summed E-state index contributed by atoms with van der Waals surface area (Å²) in [4.78, 5) is 22.4. The average molecular weight is 251 g/mol. The minimum Gasteiger partial charge on any atom is -0.484 e. The van der Waals surface area contributed by atoms with Gasteiger partial charge in [0.2, 0.25) is 0 Å². The topological polar surface area (TPSA) is 64.6 Å². The van der Waals surface area contributed by atoms with Gasteiger partial charge in [0, 0.05) is 19.2 Å². The first kappa shape index (κ1) is 14.2. The van der Waals surface area contributed by atoms with Gasteiger partial charge >= 0.3 is 0 Å². The molecule has 0 aromatic heterocycles. The lowest BCUT2D eigenvalue weighted by atomic mass is 10.1. The number of nitrogens with one attached hydrogen (secondary N) is 1. The summed E-state index contributed by atoms with van der Waals surface area (Å²) in [5, 5.41) is 2.64. The van der Waals surface area contributed by atoms with E-state index in [-0.39, 0.29) is 18.3 Å². The lowest BCUT2D eigenvalue weighted by Crippen LogP contribution is -2.31. The molecular weight excluding hydrogens is 234 g/mol. The van der Waals surface area contributed by atoms with Crippen LogP contribution < -0.4 is 10.1 Å². The van der Waals surface area contributed by atoms with Crippen molar-refractivity contribution in [2.75, 3.05) is 26.9 Å². The van der Waals surface area contributed by atoms with Crippen LogP contribution in [0.2, 0.25) is 0 Å². The average Bonchev–Trinajstić information content (AvgIpc) is 2.37. The molecule has 0 heterocycles. The van der Waals surface area contributed by atoms with Crippen molar-refractivity contribution in [1.82, 2.24) is 5.32 Å². The maximum absolute atomic E-state index is 11.3. The van der Waals surface area contributed by atoms with Gasteiger partial charge in [-0.15, -0.1) is 0 Å². The predicted octanol–water partition coefficient (Wildman–Crippen LogP) is 1.03. The fourth-order valence-corrected chi connectivity index (χ4v) is 1.28. The van der Waals surface area contributed by atoms with E-state index in [0.29, 0.717) is 24.5 Å². The Morgan fingerprint density at radius 1 is 1.22 bits per heavy atom. The quantitative estimate of drug-likeness (QED) is 0.580. The van der Waals surface area contributed by atoms with E-state index in [1.54, 1.807) is 31.4 Å². The molecule has 0 aliphatic heterocycles. The Bertz CT molecular complexity index is 400. The second-order valence-corrected chi connectivity index (χ2v) is 3.71. The maximum Gasteiger partial charge on any atom is 0.258 e. The highest BCUT2D eigenvalue weighted by Crippen LogP contribution is 2.12. The fraction of sp³-hybridized carbons (Fsp3) is 0.385. The molecule has 0 saturated carbocycles. The third kappa shape index (κ3) is 4.97. The lowest BCUT2D eigenvalue weighted by Gasteiger charge is -2.07. The van der Waals surface area contributed by atoms with E-state index in [1.165, 1.54) is 6.92 Å². The largest absolute Gasteiger partial charge is 0.484 e. The van der Waals surface area contributed by atoms with Gasteiger partial charge in [0.1, 0.15) is 5.75 Å². The summed E-state index contributed by atoms with van der Waals surface area (Å²) >= 11 is 0. The van der Waals surface area contributed by atoms with E-state index in [2.05, 4.69) is 5.32 Å². The molecule has 1 rings (SSSR count). The number of Topliss-reactive ketones (excluding diaryl/α,β-unsaturated/α-hetero) is 1. The molecule has 0 aliphatic rings. The first-order valence-corrected chi connectivity index (χ1v) is 5.63. The van der Waals surface area contributed by atoms with Crippen molar-refractivity contribution in [2.24, 2.45) is 0 Å². The Balaban J connectivity index is 2.34. The van der Waals surface area contributed by atoms with Crippen LogP contribution in [-0.2, 0) is 9.53 Å². The van der Waals surface area contributed by atoms with Gasteiger partial charge in [-0.1, -0.05) is 0 Å². The number of hydrogen-bond donors (Lipinski definition) is 1. The number of rotatable bonds is 7. The molecule has 0 atom stereocenters. The smallest absolute Gasteiger partial charge is 0.258 e. The number of amides is 1. The number of benzene rings is 1. The highest BCUT2D eigenvalue weighted by Gasteiger charge is 2.03. The van der Waals surface area contributed by atoms with Crippen LogP contribution in [0.5, 0.6) is 5.75 Å². The number of ether oxygens (including phenoxy) is 2. The molecule has 5 heteroatoms. The summed E-state index contributed by atoms with van der Waals surface area (Å²) in [6.07, 6.45) is 0. The van der Waals surface area contributed by atoms with Gasteiger partial charge in [0.05, 0.1) is 6.61 Å². The summed E-state index contributed by atoms with van der Waals surface area (Å²) in [6.45, 7) is 2.38.